The zero-order valence-electron chi connectivity index (χ0n) is 11.3. The van der Waals surface area contributed by atoms with Crippen LogP contribution in [0.25, 0.3) is 0 Å². The fourth-order valence-corrected chi connectivity index (χ4v) is 1.91. The molecule has 1 aromatic heterocycles. The summed E-state index contributed by atoms with van der Waals surface area (Å²) in [5.74, 6) is 4.59. The van der Waals surface area contributed by atoms with Gasteiger partial charge in [0, 0.05) is 0 Å². The summed E-state index contributed by atoms with van der Waals surface area (Å²) in [7, 11) is 0. The Balaban J connectivity index is 2.29. The molecule has 0 saturated carbocycles. The number of benzene rings is 1. The molecule has 0 aliphatic heterocycles. The molecule has 0 saturated heterocycles. The Labute approximate surface area is 120 Å². The molecular formula is C17H13BN2. The molecule has 0 amide bonds. The fourth-order valence-electron chi connectivity index (χ4n) is 1.91. The minimum atomic E-state index is 0.545. The molecule has 1 heterocycles. The van der Waals surface area contributed by atoms with Gasteiger partial charge in [-0.05, 0) is 0 Å². The molecule has 0 N–H and O–H groups in total. The summed E-state index contributed by atoms with van der Waals surface area (Å²) < 4.78 is 0. The van der Waals surface area contributed by atoms with Crippen LogP contribution in [0.3, 0.4) is 0 Å². The Morgan fingerprint density at radius 1 is 1.35 bits per heavy atom. The third-order valence-corrected chi connectivity index (χ3v) is 3.07. The van der Waals surface area contributed by atoms with Crippen LogP contribution >= 0.6 is 0 Å². The summed E-state index contributed by atoms with van der Waals surface area (Å²) >= 11 is 0. The van der Waals surface area contributed by atoms with Crippen LogP contribution in [0, 0.1) is 30.6 Å². The van der Waals surface area contributed by atoms with Gasteiger partial charge in [0.1, 0.15) is 0 Å². The van der Waals surface area contributed by atoms with E-state index >= 15 is 0 Å². The van der Waals surface area contributed by atoms with Gasteiger partial charge in [0.05, 0.1) is 0 Å². The second-order valence-electron chi connectivity index (χ2n) is 4.43. The van der Waals surface area contributed by atoms with E-state index < -0.39 is 0 Å². The maximum atomic E-state index is 8.92. The van der Waals surface area contributed by atoms with Crippen molar-refractivity contribution < 1.29 is 0 Å². The molecule has 20 heavy (non-hydrogen) atoms. The molecule has 0 fully saturated rings. The van der Waals surface area contributed by atoms with Crippen molar-refractivity contribution in [2.75, 3.05) is 0 Å². The van der Waals surface area contributed by atoms with E-state index in [1.165, 1.54) is 5.56 Å². The molecule has 0 radical (unpaired) electrons. The van der Waals surface area contributed by atoms with Crippen LogP contribution in [-0.2, 0) is 6.54 Å². The van der Waals surface area contributed by atoms with Gasteiger partial charge >= 0.3 is 119 Å². The van der Waals surface area contributed by atoms with Gasteiger partial charge in [0.2, 0.25) is 0 Å². The monoisotopic (exact) mass is 256 g/mol. The van der Waals surface area contributed by atoms with Gasteiger partial charge < -0.3 is 0 Å². The van der Waals surface area contributed by atoms with Gasteiger partial charge in [-0.3, -0.25) is 0 Å². The number of rotatable bonds is 3. The van der Waals surface area contributed by atoms with Crippen LogP contribution in [-0.4, -0.2) is 12.6 Å². The average Bonchev–Trinajstić information content (AvgIpc) is 2.50. The van der Waals surface area contributed by atoms with E-state index in [1.54, 1.807) is 12.1 Å². The molecule has 0 atom stereocenters. The van der Waals surface area contributed by atoms with Crippen molar-refractivity contribution in [1.29, 1.82) is 5.26 Å². The Kier molecular flexibility index (Phi) is 4.48. The number of aryl methyl sites for hydroxylation is 1. The second-order valence-corrected chi connectivity index (χ2v) is 4.43. The minimum absolute atomic E-state index is 0.545. The van der Waals surface area contributed by atoms with Crippen molar-refractivity contribution in [3.8, 4) is 18.4 Å². The zero-order chi connectivity index (χ0) is 14.4. The molecular weight excluding hydrogens is 243 g/mol. The number of hydrogen-bond acceptors (Lipinski definition) is 2. The van der Waals surface area contributed by atoms with Gasteiger partial charge in [-0.15, -0.1) is 0 Å². The quantitative estimate of drug-likeness (QED) is 0.614. The number of nitrogens with zero attached hydrogens (tertiary/aromatic N) is 2. The number of nitriles is 1. The Morgan fingerprint density at radius 3 is 2.90 bits per heavy atom. The first kappa shape index (κ1) is 13.8. The third-order valence-electron chi connectivity index (χ3n) is 3.07. The molecule has 2 nitrogen and oxygen atoms in total. The first-order chi connectivity index (χ1) is 9.74. The third kappa shape index (κ3) is 3.22. The first-order valence-corrected chi connectivity index (χ1v) is 6.30. The predicted octanol–water partition coefficient (Wildman–Crippen LogP) is 2.83. The van der Waals surface area contributed by atoms with Crippen LogP contribution in [0.15, 0.2) is 47.4 Å². The summed E-state index contributed by atoms with van der Waals surface area (Å²) in [5.41, 5.74) is 4.31. The van der Waals surface area contributed by atoms with Crippen molar-refractivity contribution in [1.82, 2.24) is 0 Å². The summed E-state index contributed by atoms with van der Waals surface area (Å²) in [6, 6.07) is 13.4. The van der Waals surface area contributed by atoms with Crippen LogP contribution in [0.4, 0.5) is 0 Å². The molecule has 0 bridgehead atoms. The molecule has 0 spiro atoms. The second kappa shape index (κ2) is 6.50. The SMILES string of the molecule is C#CC(=NCc1bcccc1C)c1cccc(C#N)c1. The number of hydrogen-bond donors (Lipinski definition) is 0. The van der Waals surface area contributed by atoms with Crippen molar-refractivity contribution in [3.63, 3.8) is 0 Å². The van der Waals surface area contributed by atoms with E-state index in [2.05, 4.69) is 30.0 Å². The molecule has 3 heteroatoms. The molecule has 2 aromatic rings. The van der Waals surface area contributed by atoms with E-state index in [-0.39, 0.29) is 0 Å². The van der Waals surface area contributed by atoms with Gasteiger partial charge in [-0.25, -0.2) is 0 Å². The first-order valence-electron chi connectivity index (χ1n) is 6.30. The Bertz CT molecular complexity index is 733. The molecule has 0 aliphatic carbocycles. The van der Waals surface area contributed by atoms with E-state index in [0.717, 1.165) is 11.0 Å². The van der Waals surface area contributed by atoms with E-state index in [9.17, 15) is 0 Å². The fraction of sp³-hybridized carbons (Fsp3) is 0.118. The van der Waals surface area contributed by atoms with Crippen molar-refractivity contribution in [2.24, 2.45) is 4.99 Å². The van der Waals surface area contributed by atoms with Crippen LogP contribution in [0.5, 0.6) is 0 Å². The van der Waals surface area contributed by atoms with Crippen molar-refractivity contribution in [2.45, 2.75) is 13.5 Å². The standard InChI is InChI=1S/C17H13BN2/c1-3-17(15-8-4-7-14(10-15)11-19)20-12-16-13(2)6-5-9-18-16/h1,4-10H,12H2,2H3. The summed E-state index contributed by atoms with van der Waals surface area (Å²) in [6.07, 6.45) is 5.53. The van der Waals surface area contributed by atoms with Gasteiger partial charge in [0.25, 0.3) is 0 Å². The predicted molar refractivity (Wildman–Crippen MR) is 82.8 cm³/mol. The van der Waals surface area contributed by atoms with Gasteiger partial charge in [-0.2, -0.15) is 0 Å². The summed E-state index contributed by atoms with van der Waals surface area (Å²) in [6.45, 7) is 4.64. The molecule has 1 aromatic carbocycles. The van der Waals surface area contributed by atoms with Crippen LogP contribution in [0.1, 0.15) is 22.1 Å². The van der Waals surface area contributed by atoms with Gasteiger partial charge in [0.15, 0.2) is 0 Å². The summed E-state index contributed by atoms with van der Waals surface area (Å²) in [5, 5.41) is 8.92. The zero-order valence-corrected chi connectivity index (χ0v) is 11.3. The molecule has 0 unspecified atom stereocenters. The van der Waals surface area contributed by atoms with Crippen molar-refractivity contribution in [3.05, 3.63) is 64.5 Å². The van der Waals surface area contributed by atoms with Gasteiger partial charge in [-0.1, -0.05) is 0 Å². The van der Waals surface area contributed by atoms with Crippen LogP contribution in [0.2, 0.25) is 0 Å². The normalized spacial score (nSPS) is 10.4. The Hall–Kier alpha value is -2.65. The molecule has 94 valence electrons. The number of aliphatic imine (C=N–C) groups is 1. The average molecular weight is 256 g/mol. The molecule has 2 rings (SSSR count). The maximum absolute atomic E-state index is 8.92. The van der Waals surface area contributed by atoms with E-state index in [4.69, 9.17) is 11.7 Å². The van der Waals surface area contributed by atoms with E-state index in [0.29, 0.717) is 17.8 Å². The summed E-state index contributed by atoms with van der Waals surface area (Å²) in [4.78, 5) is 4.49. The number of terminal acetylenes is 1. The topological polar surface area (TPSA) is 36.1 Å². The van der Waals surface area contributed by atoms with E-state index in [1.807, 2.05) is 31.1 Å². The van der Waals surface area contributed by atoms with Crippen LogP contribution < -0.4 is 0 Å². The molecule has 0 aliphatic rings. The van der Waals surface area contributed by atoms with Crippen molar-refractivity contribution >= 4 is 12.6 Å². The Morgan fingerprint density at radius 2 is 2.20 bits per heavy atom.